The van der Waals surface area contributed by atoms with Crippen molar-refractivity contribution < 1.29 is 9.59 Å². The van der Waals surface area contributed by atoms with E-state index in [1.54, 1.807) is 0 Å². The largest absolute Gasteiger partial charge is 0.351 e. The average Bonchev–Trinajstić information content (AvgIpc) is 3.00. The van der Waals surface area contributed by atoms with Crippen LogP contribution in [0.5, 0.6) is 0 Å². The van der Waals surface area contributed by atoms with Crippen LogP contribution in [0.25, 0.3) is 5.57 Å². The van der Waals surface area contributed by atoms with E-state index in [1.165, 1.54) is 16.7 Å². The zero-order chi connectivity index (χ0) is 26.2. The summed E-state index contributed by atoms with van der Waals surface area (Å²) < 4.78 is 0. The molecule has 1 fully saturated rings. The van der Waals surface area contributed by atoms with Crippen LogP contribution in [-0.2, 0) is 28.0 Å². The molecule has 2 amide bonds. The maximum atomic E-state index is 13.8. The van der Waals surface area contributed by atoms with Gasteiger partial charge in [0.05, 0.1) is 5.41 Å². The van der Waals surface area contributed by atoms with Gasteiger partial charge < -0.3 is 10.2 Å². The lowest BCUT2D eigenvalue weighted by Crippen LogP contribution is -2.52. The van der Waals surface area contributed by atoms with Gasteiger partial charge in [0, 0.05) is 26.1 Å². The van der Waals surface area contributed by atoms with E-state index in [1.807, 2.05) is 41.3 Å². The highest BCUT2D eigenvalue weighted by Crippen LogP contribution is 2.36. The number of hydrogen-bond donors (Lipinski definition) is 1. The van der Waals surface area contributed by atoms with Crippen LogP contribution in [0.2, 0.25) is 0 Å². The molecule has 4 heteroatoms. The summed E-state index contributed by atoms with van der Waals surface area (Å²) in [5.41, 5.74) is 5.24. The lowest BCUT2D eigenvalue weighted by molar-refractivity contribution is -0.137. The Kier molecular flexibility index (Phi) is 8.18. The molecular weight excluding hydrogens is 468 g/mol. The average molecular weight is 505 g/mol. The first kappa shape index (κ1) is 25.7. The summed E-state index contributed by atoms with van der Waals surface area (Å²) in [7, 11) is 0. The second-order valence-electron chi connectivity index (χ2n) is 10.4. The number of aryl methyl sites for hydroxylation is 1. The van der Waals surface area contributed by atoms with E-state index in [-0.39, 0.29) is 11.8 Å². The third-order valence-electron chi connectivity index (χ3n) is 7.97. The molecule has 0 bridgehead atoms. The normalized spacial score (nSPS) is 16.5. The van der Waals surface area contributed by atoms with Gasteiger partial charge in [-0.3, -0.25) is 9.59 Å². The van der Waals surface area contributed by atoms with Crippen LogP contribution in [-0.4, -0.2) is 29.8 Å². The highest BCUT2D eigenvalue weighted by atomic mass is 16.2. The molecule has 194 valence electrons. The molecule has 0 radical (unpaired) electrons. The number of rotatable bonds is 8. The van der Waals surface area contributed by atoms with Crippen LogP contribution in [0, 0.1) is 0 Å². The topological polar surface area (TPSA) is 49.4 Å². The molecule has 1 N–H and O–H groups in total. The first-order valence-corrected chi connectivity index (χ1v) is 13.7. The van der Waals surface area contributed by atoms with Crippen molar-refractivity contribution in [3.63, 3.8) is 0 Å². The minimum atomic E-state index is -0.633. The molecule has 1 aliphatic heterocycles. The van der Waals surface area contributed by atoms with Crippen molar-refractivity contribution in [3.8, 4) is 0 Å². The van der Waals surface area contributed by atoms with Crippen molar-refractivity contribution in [3.05, 3.63) is 125 Å². The number of piperidine rings is 1. The Labute approximate surface area is 226 Å². The fourth-order valence-electron chi connectivity index (χ4n) is 5.67. The quantitative estimate of drug-likeness (QED) is 0.395. The molecule has 38 heavy (non-hydrogen) atoms. The first-order valence-electron chi connectivity index (χ1n) is 13.7. The number of likely N-dealkylation sites (tertiary alicyclic amines) is 1. The van der Waals surface area contributed by atoms with Gasteiger partial charge in [-0.15, -0.1) is 0 Å². The minimum Gasteiger partial charge on any atom is -0.351 e. The number of allylic oxidation sites excluding steroid dienone is 4. The third-order valence-corrected chi connectivity index (χ3v) is 7.97. The molecule has 0 spiro atoms. The van der Waals surface area contributed by atoms with Crippen molar-refractivity contribution in [1.82, 2.24) is 10.2 Å². The number of nitrogens with one attached hydrogen (secondary N) is 1. The van der Waals surface area contributed by atoms with Crippen LogP contribution in [0.3, 0.4) is 0 Å². The Morgan fingerprint density at radius 3 is 2.26 bits per heavy atom. The summed E-state index contributed by atoms with van der Waals surface area (Å²) in [5.74, 6) is 0.213. The number of carbonyl (C=O) groups excluding carboxylic acids is 2. The number of hydrogen-bond acceptors (Lipinski definition) is 2. The maximum Gasteiger partial charge on any atom is 0.231 e. The van der Waals surface area contributed by atoms with Crippen LogP contribution in [0.1, 0.15) is 54.4 Å². The maximum absolute atomic E-state index is 13.8. The Morgan fingerprint density at radius 1 is 0.842 bits per heavy atom. The monoisotopic (exact) mass is 504 g/mol. The zero-order valence-electron chi connectivity index (χ0n) is 21.9. The van der Waals surface area contributed by atoms with Gasteiger partial charge >= 0.3 is 0 Å². The zero-order valence-corrected chi connectivity index (χ0v) is 21.9. The van der Waals surface area contributed by atoms with Crippen LogP contribution in [0.15, 0.2) is 103 Å². The van der Waals surface area contributed by atoms with Crippen LogP contribution in [0.4, 0.5) is 0 Å². The Balaban J connectivity index is 1.25. The molecule has 1 saturated heterocycles. The molecule has 0 aromatic heterocycles. The summed E-state index contributed by atoms with van der Waals surface area (Å²) in [6, 6.07) is 28.7. The van der Waals surface area contributed by atoms with Crippen LogP contribution >= 0.6 is 0 Å². The molecule has 2 aliphatic rings. The van der Waals surface area contributed by atoms with Gasteiger partial charge in [-0.2, -0.15) is 0 Å². The third kappa shape index (κ3) is 5.96. The van der Waals surface area contributed by atoms with Crippen molar-refractivity contribution in [2.45, 2.75) is 50.5 Å². The van der Waals surface area contributed by atoms with Gasteiger partial charge in [-0.1, -0.05) is 97.1 Å². The Morgan fingerprint density at radius 2 is 1.55 bits per heavy atom. The standard InChI is InChI=1S/C34H36N2O2/c37-32(20-19-27-11-4-1-5-12-27)36-23-21-34(22-24-36,31-17-8-3-9-18-31)33(38)35-26-28-13-10-16-30(25-28)29-14-6-2-7-15-29/h1-6,8-14,16-18,25H,7,15,19-24,26H2,(H,35,38). The molecule has 1 heterocycles. The summed E-state index contributed by atoms with van der Waals surface area (Å²) in [6.45, 7) is 1.67. The lowest BCUT2D eigenvalue weighted by Gasteiger charge is -2.41. The van der Waals surface area contributed by atoms with Gasteiger partial charge in [0.1, 0.15) is 0 Å². The number of benzene rings is 3. The van der Waals surface area contributed by atoms with E-state index in [0.29, 0.717) is 38.9 Å². The lowest BCUT2D eigenvalue weighted by atomic mass is 9.72. The summed E-state index contributed by atoms with van der Waals surface area (Å²) >= 11 is 0. The molecule has 3 aromatic carbocycles. The van der Waals surface area contributed by atoms with E-state index in [9.17, 15) is 9.59 Å². The molecule has 4 nitrogen and oxygen atoms in total. The van der Waals surface area contributed by atoms with Gasteiger partial charge in [0.15, 0.2) is 0 Å². The van der Waals surface area contributed by atoms with Gasteiger partial charge in [-0.05, 0) is 66.0 Å². The van der Waals surface area contributed by atoms with E-state index < -0.39 is 5.41 Å². The number of nitrogens with zero attached hydrogens (tertiary/aromatic N) is 1. The predicted octanol–water partition coefficient (Wildman–Crippen LogP) is 6.23. The van der Waals surface area contributed by atoms with Gasteiger partial charge in [-0.25, -0.2) is 0 Å². The van der Waals surface area contributed by atoms with Crippen molar-refractivity contribution in [2.75, 3.05) is 13.1 Å². The van der Waals surface area contributed by atoms with Crippen molar-refractivity contribution >= 4 is 17.4 Å². The van der Waals surface area contributed by atoms with Gasteiger partial charge in [0.25, 0.3) is 0 Å². The fraction of sp³-hybridized carbons (Fsp3) is 0.294. The smallest absolute Gasteiger partial charge is 0.231 e. The molecular formula is C34H36N2O2. The van der Waals surface area contributed by atoms with Crippen molar-refractivity contribution in [1.29, 1.82) is 0 Å². The molecule has 0 unspecified atom stereocenters. The molecule has 0 saturated carbocycles. The Hall–Kier alpha value is -3.92. The summed E-state index contributed by atoms with van der Waals surface area (Å²) in [4.78, 5) is 28.7. The number of carbonyl (C=O) groups is 2. The number of amides is 2. The molecule has 0 atom stereocenters. The highest BCUT2D eigenvalue weighted by Gasteiger charge is 2.43. The van der Waals surface area contributed by atoms with Crippen molar-refractivity contribution in [2.24, 2.45) is 0 Å². The highest BCUT2D eigenvalue weighted by molar-refractivity contribution is 5.89. The second kappa shape index (κ2) is 12.1. The first-order chi connectivity index (χ1) is 18.6. The molecule has 1 aliphatic carbocycles. The van der Waals surface area contributed by atoms with E-state index >= 15 is 0 Å². The molecule has 5 rings (SSSR count). The van der Waals surface area contributed by atoms with E-state index in [4.69, 9.17) is 0 Å². The fourth-order valence-corrected chi connectivity index (χ4v) is 5.67. The Bertz CT molecular complexity index is 1300. The van der Waals surface area contributed by atoms with Gasteiger partial charge in [0.2, 0.25) is 11.8 Å². The minimum absolute atomic E-state index is 0.0466. The van der Waals surface area contributed by atoms with Crippen LogP contribution < -0.4 is 5.32 Å². The SMILES string of the molecule is O=C(CCc1ccccc1)N1CCC(C(=O)NCc2cccc(C3=CC=CCC3)c2)(c2ccccc2)CC1. The van der Waals surface area contributed by atoms with E-state index in [2.05, 4.69) is 72.1 Å². The predicted molar refractivity (Wildman–Crippen MR) is 153 cm³/mol. The molecule has 3 aromatic rings. The summed E-state index contributed by atoms with van der Waals surface area (Å²) in [6.07, 6.45) is 11.1. The second-order valence-corrected chi connectivity index (χ2v) is 10.4. The summed E-state index contributed by atoms with van der Waals surface area (Å²) in [5, 5.41) is 3.25. The van der Waals surface area contributed by atoms with E-state index in [0.717, 1.165) is 30.4 Å².